The van der Waals surface area contributed by atoms with Crippen molar-refractivity contribution < 1.29 is 14.5 Å². The Labute approximate surface area is 211 Å². The second-order valence-corrected chi connectivity index (χ2v) is 8.31. The summed E-state index contributed by atoms with van der Waals surface area (Å²) < 4.78 is 0. The molecule has 8 nitrogen and oxygen atoms in total. The SMILES string of the molecule is CCN(CC)CCCN(CC(=O)N(c1ccccc1)c1ccccc1)C(=O)c1ccc([N+](=O)[O-])cc1. The van der Waals surface area contributed by atoms with Gasteiger partial charge in [0.1, 0.15) is 6.54 Å². The molecule has 0 saturated heterocycles. The first-order valence-corrected chi connectivity index (χ1v) is 12.1. The number of para-hydroxylation sites is 2. The summed E-state index contributed by atoms with van der Waals surface area (Å²) in [5, 5.41) is 11.0. The fourth-order valence-electron chi connectivity index (χ4n) is 4.01. The second-order valence-electron chi connectivity index (χ2n) is 8.31. The van der Waals surface area contributed by atoms with Gasteiger partial charge < -0.3 is 9.80 Å². The highest BCUT2D eigenvalue weighted by Gasteiger charge is 2.25. The van der Waals surface area contributed by atoms with E-state index in [1.54, 1.807) is 4.90 Å². The largest absolute Gasteiger partial charge is 0.329 e. The van der Waals surface area contributed by atoms with Crippen LogP contribution in [0.4, 0.5) is 17.1 Å². The number of amides is 2. The van der Waals surface area contributed by atoms with Gasteiger partial charge in [-0.05, 0) is 62.5 Å². The first-order chi connectivity index (χ1) is 17.4. The minimum atomic E-state index is -0.503. The molecule has 0 aliphatic heterocycles. The maximum atomic E-state index is 13.7. The number of benzene rings is 3. The summed E-state index contributed by atoms with van der Waals surface area (Å²) in [7, 11) is 0. The van der Waals surface area contributed by atoms with Crippen molar-refractivity contribution in [1.29, 1.82) is 0 Å². The van der Waals surface area contributed by atoms with Crippen LogP contribution in [0.15, 0.2) is 84.9 Å². The molecule has 0 unspecified atom stereocenters. The number of nitrogens with zero attached hydrogens (tertiary/aromatic N) is 4. The Morgan fingerprint density at radius 2 is 1.31 bits per heavy atom. The van der Waals surface area contributed by atoms with E-state index in [9.17, 15) is 19.7 Å². The van der Waals surface area contributed by atoms with E-state index >= 15 is 0 Å². The molecule has 0 aliphatic carbocycles. The molecule has 0 radical (unpaired) electrons. The van der Waals surface area contributed by atoms with E-state index in [1.165, 1.54) is 29.2 Å². The molecule has 0 fully saturated rings. The Morgan fingerprint density at radius 1 is 0.778 bits per heavy atom. The smallest absolute Gasteiger partial charge is 0.269 e. The fourth-order valence-corrected chi connectivity index (χ4v) is 4.01. The van der Waals surface area contributed by atoms with Crippen molar-refractivity contribution in [3.63, 3.8) is 0 Å². The molecular weight excluding hydrogens is 456 g/mol. The number of rotatable bonds is 12. The molecule has 188 valence electrons. The normalized spacial score (nSPS) is 10.8. The minimum absolute atomic E-state index is 0.0879. The zero-order valence-corrected chi connectivity index (χ0v) is 20.7. The summed E-state index contributed by atoms with van der Waals surface area (Å²) in [4.78, 5) is 43.0. The van der Waals surface area contributed by atoms with E-state index in [1.807, 2.05) is 60.7 Å². The van der Waals surface area contributed by atoms with Crippen LogP contribution in [0.1, 0.15) is 30.6 Å². The van der Waals surface area contributed by atoms with Gasteiger partial charge in [0.2, 0.25) is 0 Å². The van der Waals surface area contributed by atoms with Crippen LogP contribution in [-0.4, -0.2) is 59.3 Å². The molecule has 0 aliphatic rings. The van der Waals surface area contributed by atoms with E-state index in [0.29, 0.717) is 29.9 Å². The molecule has 0 aromatic heterocycles. The molecule has 0 N–H and O–H groups in total. The molecule has 0 saturated carbocycles. The molecule has 0 heterocycles. The standard InChI is InChI=1S/C28H32N4O4/c1-3-29(4-2)20-11-21-30(28(34)23-16-18-26(19-17-23)32(35)36)22-27(33)31(24-12-7-5-8-13-24)25-14-9-6-10-15-25/h5-10,12-19H,3-4,11,20-22H2,1-2H3. The highest BCUT2D eigenvalue weighted by Crippen LogP contribution is 2.25. The lowest BCUT2D eigenvalue weighted by molar-refractivity contribution is -0.384. The summed E-state index contributed by atoms with van der Waals surface area (Å²) in [5.41, 5.74) is 1.64. The molecule has 3 aromatic carbocycles. The predicted molar refractivity (Wildman–Crippen MR) is 141 cm³/mol. The van der Waals surface area contributed by atoms with Crippen LogP contribution >= 0.6 is 0 Å². The van der Waals surface area contributed by atoms with Crippen LogP contribution in [-0.2, 0) is 4.79 Å². The number of anilines is 2. The van der Waals surface area contributed by atoms with Gasteiger partial charge in [0.15, 0.2) is 0 Å². The van der Waals surface area contributed by atoms with Crippen LogP contribution < -0.4 is 4.90 Å². The molecule has 3 aromatic rings. The van der Waals surface area contributed by atoms with Crippen LogP contribution in [0, 0.1) is 10.1 Å². The van der Waals surface area contributed by atoms with Gasteiger partial charge in [0.25, 0.3) is 17.5 Å². The maximum Gasteiger partial charge on any atom is 0.269 e. The number of nitro benzene ring substituents is 1. The van der Waals surface area contributed by atoms with Gasteiger partial charge >= 0.3 is 0 Å². The average molecular weight is 489 g/mol. The first kappa shape index (κ1) is 26.6. The third-order valence-electron chi connectivity index (χ3n) is 6.01. The molecule has 8 heteroatoms. The van der Waals surface area contributed by atoms with Gasteiger partial charge in [-0.2, -0.15) is 0 Å². The van der Waals surface area contributed by atoms with Crippen LogP contribution in [0.25, 0.3) is 0 Å². The summed E-state index contributed by atoms with van der Waals surface area (Å²) in [6, 6.07) is 24.1. The number of carbonyl (C=O) groups is 2. The van der Waals surface area contributed by atoms with Gasteiger partial charge in [0.05, 0.1) is 4.92 Å². The maximum absolute atomic E-state index is 13.7. The van der Waals surface area contributed by atoms with Crippen LogP contribution in [0.5, 0.6) is 0 Å². The van der Waals surface area contributed by atoms with Crippen molar-refractivity contribution in [3.05, 3.63) is 101 Å². The van der Waals surface area contributed by atoms with E-state index in [4.69, 9.17) is 0 Å². The third-order valence-corrected chi connectivity index (χ3v) is 6.01. The molecule has 0 atom stereocenters. The molecule has 3 rings (SSSR count). The Kier molecular flexibility index (Phi) is 9.71. The lowest BCUT2D eigenvalue weighted by Gasteiger charge is -2.29. The summed E-state index contributed by atoms with van der Waals surface area (Å²) in [6.07, 6.45) is 0.699. The quantitative estimate of drug-likeness (QED) is 0.260. The Balaban J connectivity index is 1.87. The van der Waals surface area contributed by atoms with Gasteiger partial charge in [-0.1, -0.05) is 50.2 Å². The fraction of sp³-hybridized carbons (Fsp3) is 0.286. The number of hydrogen-bond acceptors (Lipinski definition) is 5. The van der Waals surface area contributed by atoms with Gasteiger partial charge in [-0.3, -0.25) is 24.6 Å². The van der Waals surface area contributed by atoms with Crippen molar-refractivity contribution in [2.24, 2.45) is 0 Å². The number of carbonyl (C=O) groups excluding carboxylic acids is 2. The highest BCUT2D eigenvalue weighted by molar-refractivity contribution is 6.04. The van der Waals surface area contributed by atoms with E-state index in [-0.39, 0.29) is 24.0 Å². The van der Waals surface area contributed by atoms with E-state index in [0.717, 1.165) is 19.6 Å². The van der Waals surface area contributed by atoms with Crippen LogP contribution in [0.2, 0.25) is 0 Å². The van der Waals surface area contributed by atoms with Gasteiger partial charge in [-0.15, -0.1) is 0 Å². The first-order valence-electron chi connectivity index (χ1n) is 12.1. The van der Waals surface area contributed by atoms with Crippen LogP contribution in [0.3, 0.4) is 0 Å². The van der Waals surface area contributed by atoms with Crippen molar-refractivity contribution in [2.75, 3.05) is 37.6 Å². The lowest BCUT2D eigenvalue weighted by atomic mass is 10.1. The molecule has 0 spiro atoms. The minimum Gasteiger partial charge on any atom is -0.329 e. The molecule has 36 heavy (non-hydrogen) atoms. The summed E-state index contributed by atoms with van der Waals surface area (Å²) >= 11 is 0. The predicted octanol–water partition coefficient (Wildman–Crippen LogP) is 5.13. The van der Waals surface area contributed by atoms with Crippen molar-refractivity contribution >= 4 is 28.9 Å². The third kappa shape index (κ3) is 6.99. The average Bonchev–Trinajstić information content (AvgIpc) is 2.91. The monoisotopic (exact) mass is 488 g/mol. The van der Waals surface area contributed by atoms with Crippen molar-refractivity contribution in [2.45, 2.75) is 20.3 Å². The Bertz CT molecular complexity index is 1090. The number of non-ortho nitro benzene ring substituents is 1. The van der Waals surface area contributed by atoms with E-state index < -0.39 is 4.92 Å². The molecule has 2 amide bonds. The zero-order valence-electron chi connectivity index (χ0n) is 20.7. The number of hydrogen-bond donors (Lipinski definition) is 0. The van der Waals surface area contributed by atoms with Crippen molar-refractivity contribution in [1.82, 2.24) is 9.80 Å². The zero-order chi connectivity index (χ0) is 25.9. The highest BCUT2D eigenvalue weighted by atomic mass is 16.6. The lowest BCUT2D eigenvalue weighted by Crippen LogP contribution is -2.42. The molecular formula is C28H32N4O4. The van der Waals surface area contributed by atoms with Gasteiger partial charge in [-0.25, -0.2) is 0 Å². The van der Waals surface area contributed by atoms with E-state index in [2.05, 4.69) is 18.7 Å². The summed E-state index contributed by atoms with van der Waals surface area (Å²) in [5.74, 6) is -0.579. The topological polar surface area (TPSA) is 87.0 Å². The van der Waals surface area contributed by atoms with Gasteiger partial charge in [0, 0.05) is 35.6 Å². The van der Waals surface area contributed by atoms with Crippen molar-refractivity contribution in [3.8, 4) is 0 Å². The summed E-state index contributed by atoms with van der Waals surface area (Å²) in [6.45, 7) is 7.04. The Hall–Kier alpha value is -4.04. The Morgan fingerprint density at radius 3 is 1.78 bits per heavy atom. The number of nitro groups is 1. The second kappa shape index (κ2) is 13.2. The molecule has 0 bridgehead atoms.